The third kappa shape index (κ3) is 4.73. The highest BCUT2D eigenvalue weighted by Crippen LogP contribution is 2.20. The van der Waals surface area contributed by atoms with E-state index in [1.807, 2.05) is 36.4 Å². The average Bonchev–Trinajstić information content (AvgIpc) is 3.06. The fourth-order valence-corrected chi connectivity index (χ4v) is 3.64. The SMILES string of the molecule is CO.O=c1n(CCCN2CCN(c3cccc(Cl)c3)CC2)nc2ccccn12. The molecular weight excluding hydrogens is 378 g/mol. The van der Waals surface area contributed by atoms with Gasteiger partial charge in [0.1, 0.15) is 0 Å². The van der Waals surface area contributed by atoms with Crippen molar-refractivity contribution in [2.45, 2.75) is 13.0 Å². The summed E-state index contributed by atoms with van der Waals surface area (Å²) in [5.41, 5.74) is 1.83. The lowest BCUT2D eigenvalue weighted by molar-refractivity contribution is 0.248. The van der Waals surface area contributed by atoms with Gasteiger partial charge < -0.3 is 10.0 Å². The van der Waals surface area contributed by atoms with Gasteiger partial charge in [-0.3, -0.25) is 9.30 Å². The molecule has 1 aliphatic heterocycles. The molecule has 0 radical (unpaired) electrons. The lowest BCUT2D eigenvalue weighted by Gasteiger charge is -2.36. The van der Waals surface area contributed by atoms with E-state index < -0.39 is 0 Å². The lowest BCUT2D eigenvalue weighted by atomic mass is 10.2. The molecule has 3 heterocycles. The van der Waals surface area contributed by atoms with Gasteiger partial charge in [-0.1, -0.05) is 23.7 Å². The van der Waals surface area contributed by atoms with Crippen LogP contribution in [0.2, 0.25) is 5.02 Å². The maximum Gasteiger partial charge on any atom is 0.350 e. The number of hydrogen-bond acceptors (Lipinski definition) is 5. The molecule has 2 aromatic heterocycles. The first-order chi connectivity index (χ1) is 13.7. The molecule has 0 atom stereocenters. The lowest BCUT2D eigenvalue weighted by Crippen LogP contribution is -2.46. The molecule has 7 nitrogen and oxygen atoms in total. The third-order valence-corrected chi connectivity index (χ3v) is 5.11. The van der Waals surface area contributed by atoms with Gasteiger partial charge in [0.15, 0.2) is 5.65 Å². The zero-order chi connectivity index (χ0) is 19.9. The maximum atomic E-state index is 12.3. The molecule has 0 unspecified atom stereocenters. The first-order valence-electron chi connectivity index (χ1n) is 9.42. The molecule has 8 heteroatoms. The Labute approximate surface area is 169 Å². The van der Waals surface area contributed by atoms with Gasteiger partial charge in [-0.05, 0) is 36.8 Å². The Kier molecular flexibility index (Phi) is 7.08. The number of aromatic nitrogens is 3. The summed E-state index contributed by atoms with van der Waals surface area (Å²) in [4.78, 5) is 17.1. The van der Waals surface area contributed by atoms with Crippen LogP contribution < -0.4 is 10.6 Å². The minimum atomic E-state index is -0.0635. The van der Waals surface area contributed by atoms with Crippen LogP contribution in [-0.4, -0.2) is 64.0 Å². The number of benzene rings is 1. The minimum Gasteiger partial charge on any atom is -0.400 e. The zero-order valence-corrected chi connectivity index (χ0v) is 16.8. The van der Waals surface area contributed by atoms with Gasteiger partial charge in [-0.15, -0.1) is 5.10 Å². The Morgan fingerprint density at radius 2 is 1.82 bits per heavy atom. The molecule has 0 bridgehead atoms. The van der Waals surface area contributed by atoms with E-state index in [4.69, 9.17) is 16.7 Å². The van der Waals surface area contributed by atoms with E-state index in [1.54, 1.807) is 15.3 Å². The van der Waals surface area contributed by atoms with E-state index in [-0.39, 0.29) is 5.69 Å². The second-order valence-electron chi connectivity index (χ2n) is 6.60. The van der Waals surface area contributed by atoms with Crippen LogP contribution in [0.25, 0.3) is 5.65 Å². The Bertz CT molecular complexity index is 947. The number of rotatable bonds is 5. The molecule has 1 saturated heterocycles. The van der Waals surface area contributed by atoms with Gasteiger partial charge in [0, 0.05) is 63.3 Å². The Morgan fingerprint density at radius 1 is 1.04 bits per heavy atom. The molecule has 0 amide bonds. The Balaban J connectivity index is 0.00000109. The highest BCUT2D eigenvalue weighted by atomic mass is 35.5. The number of aryl methyl sites for hydroxylation is 1. The van der Waals surface area contributed by atoms with Crippen LogP contribution in [0.15, 0.2) is 53.5 Å². The van der Waals surface area contributed by atoms with E-state index in [9.17, 15) is 4.79 Å². The number of anilines is 1. The summed E-state index contributed by atoms with van der Waals surface area (Å²) in [5.74, 6) is 0. The zero-order valence-electron chi connectivity index (χ0n) is 16.0. The molecule has 1 aromatic carbocycles. The van der Waals surface area contributed by atoms with Crippen LogP contribution in [0, 0.1) is 0 Å². The summed E-state index contributed by atoms with van der Waals surface area (Å²) in [7, 11) is 1.00. The second kappa shape index (κ2) is 9.73. The predicted octanol–water partition coefficient (Wildman–Crippen LogP) is 1.97. The minimum absolute atomic E-state index is 0.0635. The number of nitrogens with zero attached hydrogens (tertiary/aromatic N) is 5. The van der Waals surface area contributed by atoms with Crippen molar-refractivity contribution in [3.63, 3.8) is 0 Å². The van der Waals surface area contributed by atoms with E-state index in [2.05, 4.69) is 21.0 Å². The van der Waals surface area contributed by atoms with Crippen molar-refractivity contribution in [3.8, 4) is 0 Å². The van der Waals surface area contributed by atoms with Crippen molar-refractivity contribution in [2.24, 2.45) is 0 Å². The molecule has 28 heavy (non-hydrogen) atoms. The van der Waals surface area contributed by atoms with Crippen LogP contribution in [0.3, 0.4) is 0 Å². The van der Waals surface area contributed by atoms with Crippen LogP contribution >= 0.6 is 11.6 Å². The van der Waals surface area contributed by atoms with E-state index in [0.29, 0.717) is 12.2 Å². The summed E-state index contributed by atoms with van der Waals surface area (Å²) in [6.45, 7) is 5.65. The summed E-state index contributed by atoms with van der Waals surface area (Å²) in [6, 6.07) is 13.6. The van der Waals surface area contributed by atoms with Crippen LogP contribution in [0.5, 0.6) is 0 Å². The van der Waals surface area contributed by atoms with E-state index >= 15 is 0 Å². The van der Waals surface area contributed by atoms with E-state index in [0.717, 1.165) is 51.3 Å². The number of hydrogen-bond donors (Lipinski definition) is 1. The first kappa shape index (κ1) is 20.4. The highest BCUT2D eigenvalue weighted by molar-refractivity contribution is 6.30. The molecule has 0 aliphatic carbocycles. The Morgan fingerprint density at radius 3 is 2.54 bits per heavy atom. The quantitative estimate of drug-likeness (QED) is 0.705. The van der Waals surface area contributed by atoms with Crippen molar-refractivity contribution < 1.29 is 5.11 Å². The second-order valence-corrected chi connectivity index (χ2v) is 7.03. The van der Waals surface area contributed by atoms with Crippen molar-refractivity contribution in [1.82, 2.24) is 19.1 Å². The molecule has 150 valence electrons. The fourth-order valence-electron chi connectivity index (χ4n) is 3.46. The number of piperazine rings is 1. The van der Waals surface area contributed by atoms with Gasteiger partial charge in [0.2, 0.25) is 0 Å². The van der Waals surface area contributed by atoms with Crippen molar-refractivity contribution in [3.05, 3.63) is 64.2 Å². The van der Waals surface area contributed by atoms with Crippen molar-refractivity contribution in [1.29, 1.82) is 0 Å². The van der Waals surface area contributed by atoms with Crippen LogP contribution in [-0.2, 0) is 6.54 Å². The van der Waals surface area contributed by atoms with Gasteiger partial charge >= 0.3 is 5.69 Å². The molecule has 4 rings (SSSR count). The van der Waals surface area contributed by atoms with Gasteiger partial charge in [0.25, 0.3) is 0 Å². The standard InChI is InChI=1S/C19H22ClN5O.CH4O/c20-16-5-3-6-17(15-16)23-13-11-22(12-14-23)8-4-10-25-19(26)24-9-2-1-7-18(24)21-25;1-2/h1-3,5-7,9,15H,4,8,10-14H2;2H,1H3. The fraction of sp³-hybridized carbons (Fsp3) is 0.400. The van der Waals surface area contributed by atoms with Crippen molar-refractivity contribution >= 4 is 22.9 Å². The molecule has 0 saturated carbocycles. The number of pyridine rings is 1. The first-order valence-corrected chi connectivity index (χ1v) is 9.80. The van der Waals surface area contributed by atoms with E-state index in [1.165, 1.54) is 5.69 Å². The van der Waals surface area contributed by atoms with Crippen LogP contribution in [0.4, 0.5) is 5.69 Å². The number of fused-ring (bicyclic) bond motifs is 1. The highest BCUT2D eigenvalue weighted by Gasteiger charge is 2.17. The number of aliphatic hydroxyl groups is 1. The summed E-state index contributed by atoms with van der Waals surface area (Å²) >= 11 is 6.09. The number of halogens is 1. The Hall–Kier alpha value is -2.35. The number of aliphatic hydroxyl groups excluding tert-OH is 1. The van der Waals surface area contributed by atoms with Gasteiger partial charge in [-0.2, -0.15) is 0 Å². The average molecular weight is 404 g/mol. The van der Waals surface area contributed by atoms with Crippen LogP contribution in [0.1, 0.15) is 6.42 Å². The third-order valence-electron chi connectivity index (χ3n) is 4.88. The molecule has 3 aromatic rings. The molecular formula is C20H26ClN5O2. The topological polar surface area (TPSA) is 66.0 Å². The smallest absolute Gasteiger partial charge is 0.350 e. The molecule has 1 aliphatic rings. The van der Waals surface area contributed by atoms with Gasteiger partial charge in [-0.25, -0.2) is 9.48 Å². The molecule has 1 N–H and O–H groups in total. The predicted molar refractivity (Wildman–Crippen MR) is 112 cm³/mol. The monoisotopic (exact) mass is 403 g/mol. The summed E-state index contributed by atoms with van der Waals surface area (Å²) in [5, 5.41) is 12.2. The van der Waals surface area contributed by atoms with Crippen molar-refractivity contribution in [2.75, 3.05) is 44.7 Å². The molecule has 1 fully saturated rings. The van der Waals surface area contributed by atoms with Gasteiger partial charge in [0.05, 0.1) is 0 Å². The summed E-state index contributed by atoms with van der Waals surface area (Å²) < 4.78 is 3.15. The maximum absolute atomic E-state index is 12.3. The molecule has 0 spiro atoms. The largest absolute Gasteiger partial charge is 0.400 e. The normalized spacial score (nSPS) is 14.8. The summed E-state index contributed by atoms with van der Waals surface area (Å²) in [6.07, 6.45) is 2.68.